The van der Waals surface area contributed by atoms with Gasteiger partial charge in [-0.15, -0.1) is 0 Å². The summed E-state index contributed by atoms with van der Waals surface area (Å²) in [5.41, 5.74) is 6.56. The molecule has 11 nitrogen and oxygen atoms in total. The predicted octanol–water partition coefficient (Wildman–Crippen LogP) is -1.43. The molecule has 1 aromatic rings. The van der Waals surface area contributed by atoms with Crippen LogP contribution < -0.4 is 21.7 Å². The molecule has 0 aliphatic heterocycles. The highest BCUT2D eigenvalue weighted by Gasteiger charge is 2.28. The van der Waals surface area contributed by atoms with Crippen LogP contribution in [0.2, 0.25) is 0 Å². The summed E-state index contributed by atoms with van der Waals surface area (Å²) in [6, 6.07) is 2.63. The molecule has 1 rings (SSSR count). The van der Waals surface area contributed by atoms with Gasteiger partial charge < -0.3 is 37.0 Å². The zero-order chi connectivity index (χ0) is 24.3. The Labute approximate surface area is 190 Å². The maximum Gasteiger partial charge on any atom is 0.326 e. The van der Waals surface area contributed by atoms with E-state index < -0.39 is 54.5 Å². The smallest absolute Gasteiger partial charge is 0.326 e. The topological polar surface area (TPSA) is 191 Å². The maximum absolute atomic E-state index is 12.4. The van der Waals surface area contributed by atoms with Crippen molar-refractivity contribution in [2.45, 2.75) is 44.0 Å². The highest BCUT2D eigenvalue weighted by atomic mass is 32.2. The number of hydrogen-bond acceptors (Lipinski definition) is 8. The normalized spacial score (nSPS) is 14.5. The van der Waals surface area contributed by atoms with Crippen molar-refractivity contribution in [3.8, 4) is 5.75 Å². The van der Waals surface area contributed by atoms with Crippen molar-refractivity contribution in [3.05, 3.63) is 29.8 Å². The molecule has 0 fully saturated rings. The van der Waals surface area contributed by atoms with Gasteiger partial charge in [-0.2, -0.15) is 11.8 Å². The third-order valence-electron chi connectivity index (χ3n) is 4.46. The molecule has 4 unspecified atom stereocenters. The zero-order valence-electron chi connectivity index (χ0n) is 17.9. The molecule has 3 amide bonds. The van der Waals surface area contributed by atoms with Gasteiger partial charge in [0.25, 0.3) is 0 Å². The summed E-state index contributed by atoms with van der Waals surface area (Å²) in [6.07, 6.45) is 0.884. The zero-order valence-corrected chi connectivity index (χ0v) is 18.7. The van der Waals surface area contributed by atoms with Crippen LogP contribution in [0.1, 0.15) is 18.9 Å². The van der Waals surface area contributed by atoms with Gasteiger partial charge in [0.05, 0.1) is 18.7 Å². The number of aliphatic carboxylic acids is 1. The van der Waals surface area contributed by atoms with E-state index in [0.29, 0.717) is 11.3 Å². The molecule has 0 aromatic heterocycles. The number of carbonyl (C=O) groups excluding carboxylic acids is 3. The minimum absolute atomic E-state index is 0.0700. The summed E-state index contributed by atoms with van der Waals surface area (Å²) in [4.78, 5) is 47.9. The maximum atomic E-state index is 12.4. The third-order valence-corrected chi connectivity index (χ3v) is 5.10. The summed E-state index contributed by atoms with van der Waals surface area (Å²) in [6.45, 7) is 0.763. The number of aliphatic hydroxyl groups is 1. The van der Waals surface area contributed by atoms with Gasteiger partial charge in [0.15, 0.2) is 0 Å². The fourth-order valence-corrected chi connectivity index (χ4v) is 3.13. The molecule has 178 valence electrons. The summed E-state index contributed by atoms with van der Waals surface area (Å²) in [7, 11) is 0. The van der Waals surface area contributed by atoms with Crippen LogP contribution in [0.3, 0.4) is 0 Å². The standard InChI is InChI=1S/C20H30N4O7S/c1-11(25)17(24-18(28)14(21)9-12-3-5-13(26)6-4-12)19(29)22-10-16(27)23-15(20(30)31)7-8-32-2/h3-6,11,14-15,17,25-26H,7-10,21H2,1-2H3,(H,22,29)(H,23,27)(H,24,28)(H,30,31). The minimum atomic E-state index is -1.37. The third kappa shape index (κ3) is 9.54. The molecule has 4 atom stereocenters. The summed E-state index contributed by atoms with van der Waals surface area (Å²) < 4.78 is 0. The summed E-state index contributed by atoms with van der Waals surface area (Å²) in [5.74, 6) is -2.81. The number of amides is 3. The summed E-state index contributed by atoms with van der Waals surface area (Å²) in [5, 5.41) is 35.3. The number of nitrogens with two attached hydrogens (primary N) is 1. The molecule has 0 radical (unpaired) electrons. The van der Waals surface area contributed by atoms with Crippen molar-refractivity contribution in [3.63, 3.8) is 0 Å². The number of aromatic hydroxyl groups is 1. The van der Waals surface area contributed by atoms with E-state index in [0.717, 1.165) is 0 Å². The Hall–Kier alpha value is -2.83. The van der Waals surface area contributed by atoms with Crippen molar-refractivity contribution in [1.29, 1.82) is 0 Å². The molecule has 0 spiro atoms. The fourth-order valence-electron chi connectivity index (χ4n) is 2.66. The molecule has 0 saturated carbocycles. The average molecular weight is 471 g/mol. The number of hydrogen-bond donors (Lipinski definition) is 7. The first kappa shape index (κ1) is 27.2. The largest absolute Gasteiger partial charge is 0.508 e. The van der Waals surface area contributed by atoms with Gasteiger partial charge in [0.1, 0.15) is 17.8 Å². The lowest BCUT2D eigenvalue weighted by Gasteiger charge is -2.23. The molecular weight excluding hydrogens is 440 g/mol. The van der Waals surface area contributed by atoms with Crippen molar-refractivity contribution >= 4 is 35.5 Å². The molecule has 32 heavy (non-hydrogen) atoms. The highest BCUT2D eigenvalue weighted by molar-refractivity contribution is 7.98. The van der Waals surface area contributed by atoms with Crippen molar-refractivity contribution < 1.29 is 34.5 Å². The molecule has 0 saturated heterocycles. The van der Waals surface area contributed by atoms with Gasteiger partial charge in [-0.1, -0.05) is 12.1 Å². The minimum Gasteiger partial charge on any atom is -0.508 e. The van der Waals surface area contributed by atoms with Gasteiger partial charge in [-0.25, -0.2) is 4.79 Å². The molecule has 1 aromatic carbocycles. The number of aliphatic hydroxyl groups excluding tert-OH is 1. The van der Waals surface area contributed by atoms with E-state index in [4.69, 9.17) is 10.8 Å². The number of phenols is 1. The van der Waals surface area contributed by atoms with Gasteiger partial charge in [-0.3, -0.25) is 14.4 Å². The molecule has 12 heteroatoms. The Morgan fingerprint density at radius 1 is 1.09 bits per heavy atom. The van der Waals surface area contributed by atoms with Crippen LogP contribution in [0.5, 0.6) is 5.75 Å². The number of nitrogens with one attached hydrogen (secondary N) is 3. The number of carboxylic acids is 1. The van der Waals surface area contributed by atoms with E-state index in [1.165, 1.54) is 30.8 Å². The van der Waals surface area contributed by atoms with Crippen molar-refractivity contribution in [2.75, 3.05) is 18.6 Å². The van der Waals surface area contributed by atoms with Crippen molar-refractivity contribution in [1.82, 2.24) is 16.0 Å². The average Bonchev–Trinajstić information content (AvgIpc) is 2.74. The first-order chi connectivity index (χ1) is 15.0. The Bertz CT molecular complexity index is 789. The monoisotopic (exact) mass is 470 g/mol. The fraction of sp³-hybridized carbons (Fsp3) is 0.500. The van der Waals surface area contributed by atoms with E-state index >= 15 is 0 Å². The summed E-state index contributed by atoms with van der Waals surface area (Å²) >= 11 is 1.43. The Morgan fingerprint density at radius 2 is 1.72 bits per heavy atom. The van der Waals surface area contributed by atoms with Crippen LogP contribution in [0.15, 0.2) is 24.3 Å². The molecule has 0 aliphatic carbocycles. The Balaban J connectivity index is 2.61. The molecule has 0 bridgehead atoms. The lowest BCUT2D eigenvalue weighted by Crippen LogP contribution is -2.57. The van der Waals surface area contributed by atoms with Crippen LogP contribution >= 0.6 is 11.8 Å². The van der Waals surface area contributed by atoms with E-state index in [2.05, 4.69) is 16.0 Å². The first-order valence-electron chi connectivity index (χ1n) is 9.85. The highest BCUT2D eigenvalue weighted by Crippen LogP contribution is 2.11. The van der Waals surface area contributed by atoms with Crippen LogP contribution in [0.25, 0.3) is 0 Å². The lowest BCUT2D eigenvalue weighted by atomic mass is 10.0. The second-order valence-electron chi connectivity index (χ2n) is 7.16. The molecule has 0 aliphatic rings. The van der Waals surface area contributed by atoms with Crippen LogP contribution in [-0.2, 0) is 25.6 Å². The number of thioether (sulfide) groups is 1. The number of benzene rings is 1. The lowest BCUT2D eigenvalue weighted by molar-refractivity contribution is -0.141. The van der Waals surface area contributed by atoms with E-state index in [1.807, 2.05) is 6.26 Å². The van der Waals surface area contributed by atoms with Gasteiger partial charge >= 0.3 is 5.97 Å². The number of phenolic OH excluding ortho intramolecular Hbond substituents is 1. The van der Waals surface area contributed by atoms with E-state index in [-0.39, 0.29) is 18.6 Å². The Morgan fingerprint density at radius 3 is 2.25 bits per heavy atom. The van der Waals surface area contributed by atoms with E-state index in [9.17, 15) is 29.4 Å². The van der Waals surface area contributed by atoms with Gasteiger partial charge in [-0.05, 0) is 49.5 Å². The van der Waals surface area contributed by atoms with Gasteiger partial charge in [0, 0.05) is 0 Å². The van der Waals surface area contributed by atoms with Crippen LogP contribution in [-0.4, -0.2) is 81.8 Å². The quantitative estimate of drug-likeness (QED) is 0.181. The second-order valence-corrected chi connectivity index (χ2v) is 8.15. The van der Waals surface area contributed by atoms with E-state index in [1.54, 1.807) is 12.1 Å². The molecule has 8 N–H and O–H groups in total. The van der Waals surface area contributed by atoms with Crippen LogP contribution in [0.4, 0.5) is 0 Å². The van der Waals surface area contributed by atoms with Crippen LogP contribution in [0, 0.1) is 0 Å². The van der Waals surface area contributed by atoms with Gasteiger partial charge in [0.2, 0.25) is 17.7 Å². The number of rotatable bonds is 13. The van der Waals surface area contributed by atoms with Crippen molar-refractivity contribution in [2.24, 2.45) is 5.73 Å². The SMILES string of the molecule is CSCCC(NC(=O)CNC(=O)C(NC(=O)C(N)Cc1ccc(O)cc1)C(C)O)C(=O)O. The second kappa shape index (κ2) is 13.6. The Kier molecular flexibility index (Phi) is 11.5. The molecular formula is C20H30N4O7S. The predicted molar refractivity (Wildman–Crippen MR) is 119 cm³/mol. The number of carbonyl (C=O) groups is 4. The first-order valence-corrected chi connectivity index (χ1v) is 11.2. The number of carboxylic acid groups (broad SMARTS) is 1. The molecule has 0 heterocycles.